The second-order valence-corrected chi connectivity index (χ2v) is 6.53. The van der Waals surface area contributed by atoms with Gasteiger partial charge < -0.3 is 20.1 Å². The van der Waals surface area contributed by atoms with E-state index in [-0.39, 0.29) is 11.8 Å². The van der Waals surface area contributed by atoms with Gasteiger partial charge in [-0.1, -0.05) is 26.0 Å². The highest BCUT2D eigenvalue weighted by molar-refractivity contribution is 5.91. The third-order valence-electron chi connectivity index (χ3n) is 4.17. The molecular formula is C24H24N2O4. The Labute approximate surface area is 175 Å². The van der Waals surface area contributed by atoms with Crippen molar-refractivity contribution in [1.82, 2.24) is 0 Å². The summed E-state index contributed by atoms with van der Waals surface area (Å²) in [4.78, 5) is 23.1. The smallest absolute Gasteiger partial charge is 0.224 e. The van der Waals surface area contributed by atoms with Crippen molar-refractivity contribution in [2.75, 3.05) is 10.6 Å². The average Bonchev–Trinajstić information content (AvgIpc) is 2.75. The van der Waals surface area contributed by atoms with Crippen LogP contribution in [0.4, 0.5) is 11.4 Å². The predicted octanol–water partition coefficient (Wildman–Crippen LogP) is 5.97. The molecule has 3 aromatic rings. The fourth-order valence-corrected chi connectivity index (χ4v) is 2.62. The minimum absolute atomic E-state index is 0.0491. The first-order valence-electron chi connectivity index (χ1n) is 9.81. The van der Waals surface area contributed by atoms with Gasteiger partial charge in [-0.15, -0.1) is 0 Å². The Kier molecular flexibility index (Phi) is 7.05. The van der Waals surface area contributed by atoms with Crippen LogP contribution in [0.5, 0.6) is 23.0 Å². The number of rotatable bonds is 8. The average molecular weight is 404 g/mol. The van der Waals surface area contributed by atoms with Crippen LogP contribution in [0.3, 0.4) is 0 Å². The number of hydrogen-bond acceptors (Lipinski definition) is 4. The van der Waals surface area contributed by atoms with E-state index in [2.05, 4.69) is 10.6 Å². The van der Waals surface area contributed by atoms with Crippen molar-refractivity contribution in [3.05, 3.63) is 72.8 Å². The zero-order valence-corrected chi connectivity index (χ0v) is 17.0. The molecule has 0 spiro atoms. The molecule has 0 saturated heterocycles. The Morgan fingerprint density at radius 3 is 1.40 bits per heavy atom. The van der Waals surface area contributed by atoms with Crippen LogP contribution in [0.2, 0.25) is 0 Å². The number of anilines is 2. The summed E-state index contributed by atoms with van der Waals surface area (Å²) >= 11 is 0. The van der Waals surface area contributed by atoms with Gasteiger partial charge in [0.25, 0.3) is 0 Å². The van der Waals surface area contributed by atoms with Crippen LogP contribution >= 0.6 is 0 Å². The summed E-state index contributed by atoms with van der Waals surface area (Å²) < 4.78 is 11.7. The van der Waals surface area contributed by atoms with Gasteiger partial charge in [0, 0.05) is 36.3 Å². The van der Waals surface area contributed by atoms with E-state index in [0.29, 0.717) is 47.2 Å². The second-order valence-electron chi connectivity index (χ2n) is 6.53. The number of carbonyl (C=O) groups is 2. The summed E-state index contributed by atoms with van der Waals surface area (Å²) in [6.07, 6.45) is 0.834. The molecule has 6 heteroatoms. The normalized spacial score (nSPS) is 10.2. The Hall–Kier alpha value is -3.80. The SMILES string of the molecule is CCC(=O)Nc1cccc(Oc2ccc(Oc3cccc(NC(=O)CC)c3)cc2)c1. The van der Waals surface area contributed by atoms with Gasteiger partial charge in [0.2, 0.25) is 11.8 Å². The number of carbonyl (C=O) groups excluding carboxylic acids is 2. The summed E-state index contributed by atoms with van der Waals surface area (Å²) in [5.41, 5.74) is 1.38. The van der Waals surface area contributed by atoms with Gasteiger partial charge >= 0.3 is 0 Å². The lowest BCUT2D eigenvalue weighted by atomic mass is 10.2. The van der Waals surface area contributed by atoms with Crippen LogP contribution in [0.15, 0.2) is 72.8 Å². The largest absolute Gasteiger partial charge is 0.457 e. The maximum Gasteiger partial charge on any atom is 0.224 e. The molecule has 3 aromatic carbocycles. The number of hydrogen-bond donors (Lipinski definition) is 2. The highest BCUT2D eigenvalue weighted by Crippen LogP contribution is 2.29. The topological polar surface area (TPSA) is 76.7 Å². The number of ether oxygens (including phenoxy) is 2. The molecule has 0 aliphatic rings. The quantitative estimate of drug-likeness (QED) is 0.485. The lowest BCUT2D eigenvalue weighted by molar-refractivity contribution is -0.116. The van der Waals surface area contributed by atoms with E-state index in [0.717, 1.165) is 0 Å². The van der Waals surface area contributed by atoms with Crippen molar-refractivity contribution < 1.29 is 19.1 Å². The molecule has 2 N–H and O–H groups in total. The Bertz CT molecular complexity index is 933. The first-order valence-corrected chi connectivity index (χ1v) is 9.81. The fraction of sp³-hybridized carbons (Fsp3) is 0.167. The maximum atomic E-state index is 11.5. The van der Waals surface area contributed by atoms with Crippen molar-refractivity contribution in [3.8, 4) is 23.0 Å². The van der Waals surface area contributed by atoms with E-state index >= 15 is 0 Å². The van der Waals surface area contributed by atoms with E-state index in [1.807, 2.05) is 36.4 Å². The van der Waals surface area contributed by atoms with Gasteiger partial charge in [-0.25, -0.2) is 0 Å². The number of benzene rings is 3. The van der Waals surface area contributed by atoms with E-state index in [9.17, 15) is 9.59 Å². The highest BCUT2D eigenvalue weighted by Gasteiger charge is 2.05. The van der Waals surface area contributed by atoms with Crippen LogP contribution < -0.4 is 20.1 Å². The molecule has 2 amide bonds. The first-order chi connectivity index (χ1) is 14.6. The third kappa shape index (κ3) is 6.10. The molecule has 3 rings (SSSR count). The molecule has 30 heavy (non-hydrogen) atoms. The molecule has 0 atom stereocenters. The molecule has 0 saturated carbocycles. The van der Waals surface area contributed by atoms with Crippen molar-refractivity contribution in [2.24, 2.45) is 0 Å². The van der Waals surface area contributed by atoms with Gasteiger partial charge in [0.15, 0.2) is 0 Å². The Balaban J connectivity index is 1.63. The second kappa shape index (κ2) is 10.1. The summed E-state index contributed by atoms with van der Waals surface area (Å²) in [7, 11) is 0. The van der Waals surface area contributed by atoms with Gasteiger partial charge in [0.1, 0.15) is 23.0 Å². The lowest BCUT2D eigenvalue weighted by Gasteiger charge is -2.11. The summed E-state index contributed by atoms with van der Waals surface area (Å²) in [6.45, 7) is 3.60. The molecule has 0 unspecified atom stereocenters. The van der Waals surface area contributed by atoms with Gasteiger partial charge in [-0.2, -0.15) is 0 Å². The molecule has 154 valence electrons. The van der Waals surface area contributed by atoms with Crippen LogP contribution in [0.25, 0.3) is 0 Å². The number of amides is 2. The summed E-state index contributed by atoms with van der Waals surface area (Å²) in [6, 6.07) is 21.7. The molecule has 0 aromatic heterocycles. The van der Waals surface area contributed by atoms with Gasteiger partial charge in [-0.05, 0) is 48.5 Å². The van der Waals surface area contributed by atoms with Crippen molar-refractivity contribution in [3.63, 3.8) is 0 Å². The standard InChI is InChI=1S/C24H24N2O4/c1-3-23(27)25-17-7-5-9-21(15-17)29-19-11-13-20(14-12-19)30-22-10-6-8-18(16-22)26-24(28)4-2/h5-16H,3-4H2,1-2H3,(H,25,27)(H,26,28). The first kappa shape index (κ1) is 20.9. The summed E-state index contributed by atoms with van der Waals surface area (Å²) in [5, 5.41) is 5.62. The van der Waals surface area contributed by atoms with E-state index in [1.54, 1.807) is 50.2 Å². The molecule has 0 radical (unpaired) electrons. The van der Waals surface area contributed by atoms with Crippen molar-refractivity contribution >= 4 is 23.2 Å². The van der Waals surface area contributed by atoms with Gasteiger partial charge in [0.05, 0.1) is 0 Å². The summed E-state index contributed by atoms with van der Waals surface area (Å²) in [5.74, 6) is 2.43. The number of nitrogens with one attached hydrogen (secondary N) is 2. The molecular weight excluding hydrogens is 380 g/mol. The monoisotopic (exact) mass is 404 g/mol. The van der Waals surface area contributed by atoms with Gasteiger partial charge in [-0.3, -0.25) is 9.59 Å². The molecule has 0 heterocycles. The third-order valence-corrected chi connectivity index (χ3v) is 4.17. The zero-order chi connectivity index (χ0) is 21.3. The van der Waals surface area contributed by atoms with Crippen LogP contribution in [0, 0.1) is 0 Å². The van der Waals surface area contributed by atoms with E-state index in [4.69, 9.17) is 9.47 Å². The van der Waals surface area contributed by atoms with E-state index in [1.165, 1.54) is 0 Å². The predicted molar refractivity (Wildman–Crippen MR) is 117 cm³/mol. The lowest BCUT2D eigenvalue weighted by Crippen LogP contribution is -2.09. The minimum Gasteiger partial charge on any atom is -0.457 e. The Morgan fingerprint density at radius 2 is 1.03 bits per heavy atom. The minimum atomic E-state index is -0.0491. The van der Waals surface area contributed by atoms with Crippen LogP contribution in [0.1, 0.15) is 26.7 Å². The molecule has 0 aliphatic carbocycles. The maximum absolute atomic E-state index is 11.5. The molecule has 6 nitrogen and oxygen atoms in total. The molecule has 0 aliphatic heterocycles. The fourth-order valence-electron chi connectivity index (χ4n) is 2.62. The van der Waals surface area contributed by atoms with Crippen molar-refractivity contribution in [1.29, 1.82) is 0 Å². The zero-order valence-electron chi connectivity index (χ0n) is 17.0. The Morgan fingerprint density at radius 1 is 0.633 bits per heavy atom. The van der Waals surface area contributed by atoms with Crippen molar-refractivity contribution in [2.45, 2.75) is 26.7 Å². The van der Waals surface area contributed by atoms with E-state index < -0.39 is 0 Å². The highest BCUT2D eigenvalue weighted by atomic mass is 16.5. The molecule has 0 fully saturated rings. The molecule has 0 bridgehead atoms. The van der Waals surface area contributed by atoms with Crippen LogP contribution in [-0.2, 0) is 9.59 Å². The van der Waals surface area contributed by atoms with Crippen LogP contribution in [-0.4, -0.2) is 11.8 Å².